The molecule has 2 aliphatic heterocycles. The molecule has 0 saturated heterocycles. The lowest BCUT2D eigenvalue weighted by molar-refractivity contribution is -0.0246. The fourth-order valence-corrected chi connectivity index (χ4v) is 4.60. The van der Waals surface area contributed by atoms with Gasteiger partial charge in [-0.2, -0.15) is 0 Å². The topological polar surface area (TPSA) is 68.2 Å². The summed E-state index contributed by atoms with van der Waals surface area (Å²) in [5, 5.41) is 10.7. The molecule has 0 aliphatic carbocycles. The number of fused-ring (bicyclic) bond motifs is 3. The van der Waals surface area contributed by atoms with E-state index in [1.807, 2.05) is 32.9 Å². The Morgan fingerprint density at radius 2 is 1.77 bits per heavy atom. The number of carbonyl (C=O) groups is 1. The summed E-state index contributed by atoms with van der Waals surface area (Å²) in [6, 6.07) is 3.91. The Balaban J connectivity index is 1.89. The van der Waals surface area contributed by atoms with Crippen molar-refractivity contribution in [1.82, 2.24) is 0 Å². The highest BCUT2D eigenvalue weighted by Gasteiger charge is 2.40. The van der Waals surface area contributed by atoms with Crippen LogP contribution in [0.25, 0.3) is 0 Å². The van der Waals surface area contributed by atoms with Crippen LogP contribution in [0, 0.1) is 0 Å². The van der Waals surface area contributed by atoms with Gasteiger partial charge in [-0.25, -0.2) is 4.79 Å². The minimum atomic E-state index is -0.910. The monoisotopic (exact) mass is 447 g/mol. The van der Waals surface area contributed by atoms with Crippen LogP contribution in [0.15, 0.2) is 12.1 Å². The largest absolute Gasteiger partial charge is 0.487 e. The third-order valence-electron chi connectivity index (χ3n) is 5.45. The molecule has 2 radical (unpaired) electrons. The summed E-state index contributed by atoms with van der Waals surface area (Å²) in [5.74, 6) is 0.838. The highest BCUT2D eigenvalue weighted by Crippen LogP contribution is 2.43. The van der Waals surface area contributed by atoms with Crippen molar-refractivity contribution < 1.29 is 23.8 Å². The maximum absolute atomic E-state index is 12.8. The molecule has 172 valence electrons. The van der Waals surface area contributed by atoms with Gasteiger partial charge >= 0.3 is 6.09 Å². The molecule has 0 fully saturated rings. The van der Waals surface area contributed by atoms with E-state index in [2.05, 4.69) is 34.6 Å². The number of amides is 1. The van der Waals surface area contributed by atoms with Crippen LogP contribution in [-0.2, 0) is 22.0 Å². The van der Waals surface area contributed by atoms with Crippen LogP contribution in [0.5, 0.6) is 5.75 Å². The number of ether oxygens (including phenoxy) is 2. The molecule has 1 N–H and O–H groups in total. The predicted molar refractivity (Wildman–Crippen MR) is 123 cm³/mol. The van der Waals surface area contributed by atoms with Crippen LogP contribution in [0.1, 0.15) is 79.4 Å². The Bertz CT molecular complexity index is 824. The van der Waals surface area contributed by atoms with Crippen molar-refractivity contribution >= 4 is 21.5 Å². The number of aliphatic hydroxyl groups is 1. The van der Waals surface area contributed by atoms with E-state index in [1.165, 1.54) is 4.90 Å². The van der Waals surface area contributed by atoms with E-state index in [0.29, 0.717) is 28.3 Å². The Morgan fingerprint density at radius 3 is 2.39 bits per heavy atom. The number of aryl methyl sites for hydroxylation is 1. The number of nitrogens with zero attached hydrogens (tertiary/aromatic N) is 1. The summed E-state index contributed by atoms with van der Waals surface area (Å²) in [6.45, 7) is 16.2. The van der Waals surface area contributed by atoms with Gasteiger partial charge in [-0.05, 0) is 77.0 Å². The van der Waals surface area contributed by atoms with Crippen LogP contribution < -0.4 is 9.64 Å². The van der Waals surface area contributed by atoms with Gasteiger partial charge in [0.15, 0.2) is 0 Å². The summed E-state index contributed by atoms with van der Waals surface area (Å²) < 4.78 is 18.4. The molecular weight excluding hydrogens is 410 g/mol. The van der Waals surface area contributed by atoms with Crippen LogP contribution in [0.4, 0.5) is 10.5 Å². The van der Waals surface area contributed by atoms with E-state index in [0.717, 1.165) is 29.7 Å². The summed E-state index contributed by atoms with van der Waals surface area (Å²) >= 11 is 0. The van der Waals surface area contributed by atoms with Gasteiger partial charge in [-0.3, -0.25) is 4.90 Å². The molecule has 0 saturated carbocycles. The molecule has 3 rings (SSSR count). The normalized spacial score (nSPS) is 21.8. The molecule has 0 spiro atoms. The number of hydrogen-bond acceptors (Lipinski definition) is 5. The molecule has 1 amide bonds. The van der Waals surface area contributed by atoms with E-state index in [-0.39, 0.29) is 11.1 Å². The smallest absolute Gasteiger partial charge is 0.416 e. The lowest BCUT2D eigenvalue weighted by Gasteiger charge is -2.41. The van der Waals surface area contributed by atoms with Crippen molar-refractivity contribution in [2.24, 2.45) is 0 Å². The number of anilines is 1. The SMILES string of the molecule is CC(C)(C)OC(=O)N1c2ccc3c(c2CCC1O)O[C@@H](C(C)(C)O[Si]C(C)(C)C)CC3. The fraction of sp³-hybridized carbons (Fsp3) is 0.708. The van der Waals surface area contributed by atoms with Gasteiger partial charge in [0.2, 0.25) is 9.76 Å². The van der Waals surface area contributed by atoms with Gasteiger partial charge in [0.1, 0.15) is 23.7 Å². The maximum atomic E-state index is 12.8. The zero-order chi connectivity index (χ0) is 23.2. The van der Waals surface area contributed by atoms with Gasteiger partial charge in [-0.1, -0.05) is 26.8 Å². The molecule has 7 heteroatoms. The third-order valence-corrected chi connectivity index (χ3v) is 6.69. The first kappa shape index (κ1) is 24.1. The average Bonchev–Trinajstić information content (AvgIpc) is 2.63. The highest BCUT2D eigenvalue weighted by molar-refractivity contribution is 6.31. The van der Waals surface area contributed by atoms with Crippen molar-refractivity contribution in [3.63, 3.8) is 0 Å². The van der Waals surface area contributed by atoms with E-state index in [1.54, 1.807) is 0 Å². The molecule has 0 aromatic heterocycles. The predicted octanol–water partition coefficient (Wildman–Crippen LogP) is 5.02. The Morgan fingerprint density at radius 1 is 1.10 bits per heavy atom. The van der Waals surface area contributed by atoms with Crippen molar-refractivity contribution in [2.75, 3.05) is 4.90 Å². The Hall–Kier alpha value is -1.57. The van der Waals surface area contributed by atoms with Gasteiger partial charge in [0, 0.05) is 5.56 Å². The number of carbonyl (C=O) groups excluding carboxylic acids is 1. The fourth-order valence-electron chi connectivity index (χ4n) is 3.90. The lowest BCUT2D eigenvalue weighted by atomic mass is 9.89. The van der Waals surface area contributed by atoms with Crippen molar-refractivity contribution in [1.29, 1.82) is 0 Å². The minimum Gasteiger partial charge on any atom is -0.487 e. The first-order valence-electron chi connectivity index (χ1n) is 11.1. The van der Waals surface area contributed by atoms with Crippen LogP contribution in [0.3, 0.4) is 0 Å². The minimum absolute atomic E-state index is 0.0804. The maximum Gasteiger partial charge on any atom is 0.416 e. The van der Waals surface area contributed by atoms with Crippen molar-refractivity contribution in [3.8, 4) is 5.75 Å². The third kappa shape index (κ3) is 5.62. The first-order chi connectivity index (χ1) is 14.2. The average molecular weight is 448 g/mol. The zero-order valence-corrected chi connectivity index (χ0v) is 21.2. The second-order valence-electron chi connectivity index (χ2n) is 11.1. The molecular formula is C24H37NO5Si. The Labute approximate surface area is 189 Å². The van der Waals surface area contributed by atoms with Gasteiger partial charge in [0.05, 0.1) is 11.3 Å². The molecule has 31 heavy (non-hydrogen) atoms. The number of hydrogen-bond donors (Lipinski definition) is 1. The van der Waals surface area contributed by atoms with E-state index in [9.17, 15) is 9.90 Å². The number of benzene rings is 1. The molecule has 2 heterocycles. The quantitative estimate of drug-likeness (QED) is 0.659. The summed E-state index contributed by atoms with van der Waals surface area (Å²) in [4.78, 5) is 14.2. The van der Waals surface area contributed by atoms with Crippen LogP contribution in [0.2, 0.25) is 5.04 Å². The molecule has 1 unspecified atom stereocenters. The first-order valence-corrected chi connectivity index (χ1v) is 12.1. The van der Waals surface area contributed by atoms with Gasteiger partial charge < -0.3 is 19.0 Å². The van der Waals surface area contributed by atoms with Crippen molar-refractivity contribution in [3.05, 3.63) is 23.3 Å². The standard InChI is InChI=1S/C24H37NO5Si/c1-22(2,3)29-21(27)25-17-12-9-15-10-13-18(24(7,8)30-31-23(4,5)6)28-20(15)16(17)11-14-19(25)26/h9,12,18-19,26H,10-11,13-14H2,1-8H3/t18-,19?/m1/s1. The molecule has 1 aromatic rings. The van der Waals surface area contributed by atoms with E-state index < -0.39 is 23.5 Å². The summed E-state index contributed by atoms with van der Waals surface area (Å²) in [6.07, 6.45) is 1.34. The van der Waals surface area contributed by atoms with Crippen molar-refractivity contribution in [2.45, 2.75) is 110 Å². The van der Waals surface area contributed by atoms with E-state index >= 15 is 0 Å². The van der Waals surface area contributed by atoms with Crippen LogP contribution in [-0.4, -0.2) is 44.5 Å². The van der Waals surface area contributed by atoms with Crippen LogP contribution >= 0.6 is 0 Å². The summed E-state index contributed by atoms with van der Waals surface area (Å²) in [5.41, 5.74) is 1.71. The lowest BCUT2D eigenvalue weighted by Crippen LogP contribution is -2.48. The molecule has 1 aromatic carbocycles. The molecule has 2 aliphatic rings. The molecule has 6 nitrogen and oxygen atoms in total. The van der Waals surface area contributed by atoms with E-state index in [4.69, 9.17) is 13.9 Å². The highest BCUT2D eigenvalue weighted by atomic mass is 28.2. The number of rotatable bonds is 3. The number of aliphatic hydroxyl groups excluding tert-OH is 1. The second kappa shape index (κ2) is 8.41. The Kier molecular flexibility index (Phi) is 6.53. The van der Waals surface area contributed by atoms with Gasteiger partial charge in [0.25, 0.3) is 0 Å². The zero-order valence-electron chi connectivity index (χ0n) is 20.2. The summed E-state index contributed by atoms with van der Waals surface area (Å²) in [7, 11) is 0.377. The van der Waals surface area contributed by atoms with Gasteiger partial charge in [-0.15, -0.1) is 0 Å². The molecule has 2 atom stereocenters. The molecule has 0 bridgehead atoms. The second-order valence-corrected chi connectivity index (χ2v) is 13.0.